The molecular formula is C18H19N5O2. The lowest BCUT2D eigenvalue weighted by Gasteiger charge is -2.31. The first-order chi connectivity index (χ1) is 12.0. The minimum Gasteiger partial charge on any atom is -0.481 e. The molecule has 2 N–H and O–H groups in total. The van der Waals surface area contributed by atoms with E-state index in [-0.39, 0.29) is 5.92 Å². The number of rotatable bonds is 4. The van der Waals surface area contributed by atoms with Gasteiger partial charge < -0.3 is 15.3 Å². The van der Waals surface area contributed by atoms with Crippen molar-refractivity contribution < 1.29 is 9.90 Å². The molecular weight excluding hydrogens is 318 g/mol. The van der Waals surface area contributed by atoms with E-state index in [4.69, 9.17) is 10.4 Å². The molecule has 1 aliphatic rings. The Hall–Kier alpha value is -3.14. The van der Waals surface area contributed by atoms with E-state index >= 15 is 0 Å². The van der Waals surface area contributed by atoms with Crippen LogP contribution in [0.1, 0.15) is 24.1 Å². The maximum absolute atomic E-state index is 11.1. The third-order valence-electron chi connectivity index (χ3n) is 4.26. The molecule has 0 radical (unpaired) electrons. The average Bonchev–Trinajstić information content (AvgIpc) is 2.61. The van der Waals surface area contributed by atoms with E-state index in [1.165, 1.54) is 0 Å². The molecule has 1 aliphatic heterocycles. The molecule has 128 valence electrons. The molecule has 0 spiro atoms. The van der Waals surface area contributed by atoms with Crippen molar-refractivity contribution in [3.05, 3.63) is 41.6 Å². The summed E-state index contributed by atoms with van der Waals surface area (Å²) in [6.45, 7) is 3.22. The number of hydrogen-bond acceptors (Lipinski definition) is 6. The molecule has 0 unspecified atom stereocenters. The van der Waals surface area contributed by atoms with E-state index in [1.807, 2.05) is 19.1 Å². The summed E-state index contributed by atoms with van der Waals surface area (Å²) in [5.41, 5.74) is 2.14. The fraction of sp³-hybridized carbons (Fsp3) is 0.333. The van der Waals surface area contributed by atoms with Crippen LogP contribution in [0.15, 0.2) is 30.3 Å². The molecule has 1 aromatic heterocycles. The van der Waals surface area contributed by atoms with Crippen LogP contribution in [0.4, 0.5) is 17.5 Å². The van der Waals surface area contributed by atoms with Gasteiger partial charge in [0.2, 0.25) is 5.95 Å². The topological polar surface area (TPSA) is 102 Å². The summed E-state index contributed by atoms with van der Waals surface area (Å²) in [6.07, 6.45) is 1.23. The minimum absolute atomic E-state index is 0.273. The molecule has 1 aromatic carbocycles. The molecule has 2 aromatic rings. The zero-order valence-electron chi connectivity index (χ0n) is 13.9. The van der Waals surface area contributed by atoms with Gasteiger partial charge in [-0.25, -0.2) is 4.98 Å². The van der Waals surface area contributed by atoms with Gasteiger partial charge in [0.15, 0.2) is 0 Å². The molecule has 0 bridgehead atoms. The Morgan fingerprint density at radius 3 is 2.76 bits per heavy atom. The molecule has 0 atom stereocenters. The van der Waals surface area contributed by atoms with Gasteiger partial charge in [-0.1, -0.05) is 6.07 Å². The van der Waals surface area contributed by atoms with Gasteiger partial charge in [-0.3, -0.25) is 4.79 Å². The van der Waals surface area contributed by atoms with Crippen LogP contribution in [-0.2, 0) is 4.79 Å². The molecule has 1 saturated heterocycles. The largest absolute Gasteiger partial charge is 0.481 e. The van der Waals surface area contributed by atoms with Crippen molar-refractivity contribution in [2.75, 3.05) is 23.3 Å². The Balaban J connectivity index is 1.77. The van der Waals surface area contributed by atoms with Gasteiger partial charge in [-0.2, -0.15) is 10.2 Å². The summed E-state index contributed by atoms with van der Waals surface area (Å²) in [4.78, 5) is 22.1. The smallest absolute Gasteiger partial charge is 0.306 e. The van der Waals surface area contributed by atoms with Gasteiger partial charge in [-0.15, -0.1) is 0 Å². The fourth-order valence-corrected chi connectivity index (χ4v) is 2.92. The number of carbonyl (C=O) groups is 1. The highest BCUT2D eigenvalue weighted by atomic mass is 16.4. The second kappa shape index (κ2) is 7.18. The summed E-state index contributed by atoms with van der Waals surface area (Å²) in [5, 5.41) is 21.2. The first-order valence-electron chi connectivity index (χ1n) is 8.16. The Labute approximate surface area is 145 Å². The van der Waals surface area contributed by atoms with Crippen molar-refractivity contribution >= 4 is 23.4 Å². The van der Waals surface area contributed by atoms with E-state index in [0.717, 1.165) is 17.2 Å². The second-order valence-corrected chi connectivity index (χ2v) is 6.11. The van der Waals surface area contributed by atoms with Crippen molar-refractivity contribution in [2.45, 2.75) is 19.8 Å². The number of nitrogens with one attached hydrogen (secondary N) is 1. The maximum atomic E-state index is 11.1. The number of carboxylic acids is 1. The van der Waals surface area contributed by atoms with Gasteiger partial charge in [-0.05, 0) is 38.0 Å². The molecule has 7 nitrogen and oxygen atoms in total. The molecule has 0 amide bonds. The summed E-state index contributed by atoms with van der Waals surface area (Å²) >= 11 is 0. The van der Waals surface area contributed by atoms with Gasteiger partial charge in [0.1, 0.15) is 5.82 Å². The third kappa shape index (κ3) is 4.04. The van der Waals surface area contributed by atoms with Crippen LogP contribution in [0.2, 0.25) is 0 Å². The fourth-order valence-electron chi connectivity index (χ4n) is 2.92. The molecule has 1 fully saturated rings. The number of aliphatic carboxylic acids is 1. The van der Waals surface area contributed by atoms with E-state index in [1.54, 1.807) is 18.2 Å². The van der Waals surface area contributed by atoms with Gasteiger partial charge in [0.05, 0.1) is 17.6 Å². The summed E-state index contributed by atoms with van der Waals surface area (Å²) < 4.78 is 0. The number of anilines is 3. The number of piperidine rings is 1. The number of carboxylic acid groups (broad SMARTS) is 1. The van der Waals surface area contributed by atoms with Crippen LogP contribution in [0.5, 0.6) is 0 Å². The van der Waals surface area contributed by atoms with Gasteiger partial charge >= 0.3 is 5.97 Å². The maximum Gasteiger partial charge on any atom is 0.306 e. The van der Waals surface area contributed by atoms with Crippen LogP contribution in [0.3, 0.4) is 0 Å². The number of nitrogens with zero attached hydrogens (tertiary/aromatic N) is 4. The third-order valence-corrected chi connectivity index (χ3v) is 4.26. The van der Waals surface area contributed by atoms with Crippen molar-refractivity contribution in [1.29, 1.82) is 5.26 Å². The van der Waals surface area contributed by atoms with Crippen LogP contribution in [0, 0.1) is 24.2 Å². The molecule has 3 rings (SSSR count). The molecule has 2 heterocycles. The van der Waals surface area contributed by atoms with E-state index in [0.29, 0.717) is 37.4 Å². The minimum atomic E-state index is -0.724. The van der Waals surface area contributed by atoms with Crippen molar-refractivity contribution in [2.24, 2.45) is 5.92 Å². The first-order valence-corrected chi connectivity index (χ1v) is 8.16. The van der Waals surface area contributed by atoms with Crippen molar-refractivity contribution in [3.8, 4) is 6.07 Å². The Bertz CT molecular complexity index is 822. The number of hydrogen-bond donors (Lipinski definition) is 2. The summed E-state index contributed by atoms with van der Waals surface area (Å²) in [6, 6.07) is 11.1. The standard InChI is InChI=1S/C18H19N5O2/c1-12-9-16(23-7-5-14(6-8-23)17(24)25)22-18(20-12)21-15-4-2-3-13(10-15)11-19/h2-4,9-10,14H,5-8H2,1H3,(H,24,25)(H,20,21,22). The lowest BCUT2D eigenvalue weighted by Crippen LogP contribution is -2.36. The normalized spacial score (nSPS) is 14.8. The summed E-state index contributed by atoms with van der Waals surface area (Å²) in [7, 11) is 0. The number of nitriles is 1. The lowest BCUT2D eigenvalue weighted by molar-refractivity contribution is -0.142. The zero-order chi connectivity index (χ0) is 17.8. The number of aryl methyl sites for hydroxylation is 1. The average molecular weight is 337 g/mol. The zero-order valence-corrected chi connectivity index (χ0v) is 13.9. The van der Waals surface area contributed by atoms with Gasteiger partial charge in [0.25, 0.3) is 0 Å². The van der Waals surface area contributed by atoms with Crippen molar-refractivity contribution in [3.63, 3.8) is 0 Å². The number of benzene rings is 1. The second-order valence-electron chi connectivity index (χ2n) is 6.11. The molecule has 25 heavy (non-hydrogen) atoms. The monoisotopic (exact) mass is 337 g/mol. The quantitative estimate of drug-likeness (QED) is 0.884. The van der Waals surface area contributed by atoms with Crippen LogP contribution < -0.4 is 10.2 Å². The van der Waals surface area contributed by atoms with Crippen LogP contribution in [0.25, 0.3) is 0 Å². The molecule has 0 saturated carbocycles. The van der Waals surface area contributed by atoms with Crippen molar-refractivity contribution in [1.82, 2.24) is 9.97 Å². The van der Waals surface area contributed by atoms with Crippen LogP contribution >= 0.6 is 0 Å². The predicted molar refractivity (Wildman–Crippen MR) is 93.8 cm³/mol. The highest BCUT2D eigenvalue weighted by molar-refractivity contribution is 5.70. The Kier molecular flexibility index (Phi) is 4.80. The van der Waals surface area contributed by atoms with Gasteiger partial charge in [0, 0.05) is 30.5 Å². The Morgan fingerprint density at radius 2 is 2.08 bits per heavy atom. The lowest BCUT2D eigenvalue weighted by atomic mass is 9.97. The molecule has 0 aliphatic carbocycles. The van der Waals surface area contributed by atoms with E-state index in [9.17, 15) is 4.79 Å². The SMILES string of the molecule is Cc1cc(N2CCC(C(=O)O)CC2)nc(Nc2cccc(C#N)c2)n1. The summed E-state index contributed by atoms with van der Waals surface area (Å²) in [5.74, 6) is 0.254. The first kappa shape index (κ1) is 16.7. The Morgan fingerprint density at radius 1 is 1.32 bits per heavy atom. The molecule has 7 heteroatoms. The highest BCUT2D eigenvalue weighted by Crippen LogP contribution is 2.24. The van der Waals surface area contributed by atoms with E-state index in [2.05, 4.69) is 26.3 Å². The van der Waals surface area contributed by atoms with Crippen LogP contribution in [-0.4, -0.2) is 34.1 Å². The number of aromatic nitrogens is 2. The van der Waals surface area contributed by atoms with E-state index < -0.39 is 5.97 Å². The highest BCUT2D eigenvalue weighted by Gasteiger charge is 2.25. The predicted octanol–water partition coefficient (Wildman–Crippen LogP) is 2.70.